The van der Waals surface area contributed by atoms with E-state index in [0.717, 1.165) is 32.2 Å². The van der Waals surface area contributed by atoms with Gasteiger partial charge in [0, 0.05) is 18.3 Å². The predicted molar refractivity (Wildman–Crippen MR) is 85.9 cm³/mol. The summed E-state index contributed by atoms with van der Waals surface area (Å²) in [6, 6.07) is 6.24. The number of benzene rings is 1. The average Bonchev–Trinajstić information content (AvgIpc) is 2.90. The normalized spacial score (nSPS) is 16.1. The number of rotatable bonds is 8. The van der Waals surface area contributed by atoms with Crippen LogP contribution in [0, 0.1) is 0 Å². The molecule has 0 saturated heterocycles. The highest BCUT2D eigenvalue weighted by atomic mass is 16.4. The number of carboxylic acids is 1. The van der Waals surface area contributed by atoms with E-state index in [1.807, 2.05) is 0 Å². The molecule has 0 aromatic heterocycles. The number of hydrogen-bond acceptors (Lipinski definition) is 3. The first kappa shape index (κ1) is 15.8. The first-order valence-electron chi connectivity index (χ1n) is 7.94. The minimum absolute atomic E-state index is 0.162. The molecule has 1 heterocycles. The van der Waals surface area contributed by atoms with E-state index in [1.165, 1.54) is 16.8 Å². The van der Waals surface area contributed by atoms with Gasteiger partial charge in [-0.1, -0.05) is 31.9 Å². The lowest BCUT2D eigenvalue weighted by Crippen LogP contribution is -2.42. The molecule has 21 heavy (non-hydrogen) atoms. The molecule has 0 bridgehead atoms. The van der Waals surface area contributed by atoms with Crippen molar-refractivity contribution < 1.29 is 9.90 Å². The van der Waals surface area contributed by atoms with Crippen molar-refractivity contribution in [1.82, 2.24) is 5.32 Å². The van der Waals surface area contributed by atoms with E-state index in [1.54, 1.807) is 0 Å². The summed E-state index contributed by atoms with van der Waals surface area (Å²) in [5, 5.41) is 15.9. The Kier molecular flexibility index (Phi) is 5.62. The van der Waals surface area contributed by atoms with Gasteiger partial charge in [0.2, 0.25) is 0 Å². The first-order valence-corrected chi connectivity index (χ1v) is 7.94. The smallest absolute Gasteiger partial charge is 0.320 e. The van der Waals surface area contributed by atoms with E-state index in [4.69, 9.17) is 0 Å². The lowest BCUT2D eigenvalue weighted by molar-refractivity contribution is -0.139. The number of hydrogen-bond donors (Lipinski definition) is 3. The first-order chi connectivity index (χ1) is 10.1. The molecular weight excluding hydrogens is 264 g/mol. The lowest BCUT2D eigenvalue weighted by Gasteiger charge is -2.20. The predicted octanol–water partition coefficient (Wildman–Crippen LogP) is 2.82. The summed E-state index contributed by atoms with van der Waals surface area (Å²) in [5.41, 5.74) is 3.89. The Bertz CT molecular complexity index is 488. The number of carbonyl (C=O) groups is 1. The molecule has 0 spiro atoms. The van der Waals surface area contributed by atoms with E-state index in [-0.39, 0.29) is 6.04 Å². The van der Waals surface area contributed by atoms with Crippen LogP contribution in [0.3, 0.4) is 0 Å². The summed E-state index contributed by atoms with van der Waals surface area (Å²) in [4.78, 5) is 11.3. The summed E-state index contributed by atoms with van der Waals surface area (Å²) >= 11 is 0. The topological polar surface area (TPSA) is 61.4 Å². The van der Waals surface area contributed by atoms with Crippen molar-refractivity contribution >= 4 is 11.7 Å². The molecule has 0 amide bonds. The Morgan fingerprint density at radius 2 is 2.29 bits per heavy atom. The van der Waals surface area contributed by atoms with Gasteiger partial charge in [-0.05, 0) is 43.4 Å². The Morgan fingerprint density at radius 1 is 1.48 bits per heavy atom. The fraction of sp³-hybridized carbons (Fsp3) is 0.588. The zero-order valence-corrected chi connectivity index (χ0v) is 13.0. The minimum atomic E-state index is -0.742. The third kappa shape index (κ3) is 4.46. The van der Waals surface area contributed by atoms with Gasteiger partial charge in [0.25, 0.3) is 0 Å². The maximum absolute atomic E-state index is 11.3. The molecule has 1 aromatic carbocycles. The number of carboxylic acid groups (broad SMARTS) is 1. The van der Waals surface area contributed by atoms with E-state index < -0.39 is 12.0 Å². The summed E-state index contributed by atoms with van der Waals surface area (Å²) in [6.45, 7) is 5.17. The van der Waals surface area contributed by atoms with Gasteiger partial charge < -0.3 is 15.7 Å². The summed E-state index contributed by atoms with van der Waals surface area (Å²) in [6.07, 6.45) is 4.62. The van der Waals surface area contributed by atoms with Crippen LogP contribution < -0.4 is 10.6 Å². The summed E-state index contributed by atoms with van der Waals surface area (Å²) in [7, 11) is 0. The maximum Gasteiger partial charge on any atom is 0.320 e. The second-order valence-corrected chi connectivity index (χ2v) is 5.97. The highest BCUT2D eigenvalue weighted by Gasteiger charge is 2.19. The maximum atomic E-state index is 11.3. The monoisotopic (exact) mass is 290 g/mol. The molecule has 0 aliphatic carbocycles. The van der Waals surface area contributed by atoms with Gasteiger partial charge in [0.15, 0.2) is 0 Å². The second-order valence-electron chi connectivity index (χ2n) is 5.97. The molecule has 1 aliphatic rings. The van der Waals surface area contributed by atoms with Crippen LogP contribution >= 0.6 is 0 Å². The molecule has 0 radical (unpaired) electrons. The molecule has 4 heteroatoms. The van der Waals surface area contributed by atoms with Gasteiger partial charge in [-0.3, -0.25) is 4.79 Å². The number of aliphatic carboxylic acids is 1. The molecule has 3 N–H and O–H groups in total. The van der Waals surface area contributed by atoms with E-state index in [2.05, 4.69) is 42.7 Å². The Balaban J connectivity index is 1.91. The lowest BCUT2D eigenvalue weighted by atomic mass is 10.0. The Labute approximate surface area is 126 Å². The van der Waals surface area contributed by atoms with Gasteiger partial charge in [-0.2, -0.15) is 0 Å². The van der Waals surface area contributed by atoms with Crippen LogP contribution in [0.4, 0.5) is 5.69 Å². The second kappa shape index (κ2) is 7.46. The van der Waals surface area contributed by atoms with Crippen LogP contribution in [-0.2, 0) is 17.6 Å². The van der Waals surface area contributed by atoms with Gasteiger partial charge in [-0.15, -0.1) is 0 Å². The number of fused-ring (bicyclic) bond motifs is 1. The van der Waals surface area contributed by atoms with Crippen molar-refractivity contribution in [3.05, 3.63) is 29.3 Å². The van der Waals surface area contributed by atoms with E-state index >= 15 is 0 Å². The number of unbranched alkanes of at least 4 members (excludes halogenated alkanes) is 1. The molecule has 2 atom stereocenters. The van der Waals surface area contributed by atoms with Crippen molar-refractivity contribution in [2.75, 3.05) is 11.9 Å². The molecule has 4 nitrogen and oxygen atoms in total. The van der Waals surface area contributed by atoms with E-state index in [9.17, 15) is 9.90 Å². The van der Waals surface area contributed by atoms with Gasteiger partial charge in [0.05, 0.1) is 0 Å². The quantitative estimate of drug-likeness (QED) is 0.689. The summed E-state index contributed by atoms with van der Waals surface area (Å²) in [5.74, 6) is -0.742. The summed E-state index contributed by atoms with van der Waals surface area (Å²) < 4.78 is 0. The molecule has 0 fully saturated rings. The van der Waals surface area contributed by atoms with Crippen LogP contribution in [0.2, 0.25) is 0 Å². The third-order valence-corrected chi connectivity index (χ3v) is 4.05. The molecule has 1 aromatic rings. The SMILES string of the molecule is CCCCC(NC(C)Cc1ccc2c(c1)CCN2)C(=O)O. The van der Waals surface area contributed by atoms with Crippen LogP contribution in [0.15, 0.2) is 18.2 Å². The van der Waals surface area contributed by atoms with Gasteiger partial charge in [0.1, 0.15) is 6.04 Å². The number of nitrogens with one attached hydrogen (secondary N) is 2. The van der Waals surface area contributed by atoms with Crippen LogP contribution in [0.1, 0.15) is 44.2 Å². The van der Waals surface area contributed by atoms with Crippen molar-refractivity contribution in [2.45, 2.75) is 58.0 Å². The highest BCUT2D eigenvalue weighted by Crippen LogP contribution is 2.23. The van der Waals surface area contributed by atoms with Crippen LogP contribution in [0.5, 0.6) is 0 Å². The van der Waals surface area contributed by atoms with Crippen molar-refractivity contribution in [3.63, 3.8) is 0 Å². The van der Waals surface area contributed by atoms with Crippen LogP contribution in [-0.4, -0.2) is 29.7 Å². The zero-order chi connectivity index (χ0) is 15.2. The Morgan fingerprint density at radius 3 is 3.00 bits per heavy atom. The molecule has 0 saturated carbocycles. The molecule has 116 valence electrons. The zero-order valence-electron chi connectivity index (χ0n) is 13.0. The Hall–Kier alpha value is -1.55. The minimum Gasteiger partial charge on any atom is -0.480 e. The fourth-order valence-electron chi connectivity index (χ4n) is 2.93. The van der Waals surface area contributed by atoms with Crippen LogP contribution in [0.25, 0.3) is 0 Å². The van der Waals surface area contributed by atoms with Crippen molar-refractivity contribution in [1.29, 1.82) is 0 Å². The molecule has 2 unspecified atom stereocenters. The molecule has 2 rings (SSSR count). The van der Waals surface area contributed by atoms with Crippen molar-refractivity contribution in [2.24, 2.45) is 0 Å². The largest absolute Gasteiger partial charge is 0.480 e. The number of anilines is 1. The van der Waals surface area contributed by atoms with Gasteiger partial charge in [-0.25, -0.2) is 0 Å². The van der Waals surface area contributed by atoms with Crippen molar-refractivity contribution in [3.8, 4) is 0 Å². The molecular formula is C17H26N2O2. The third-order valence-electron chi connectivity index (χ3n) is 4.05. The van der Waals surface area contributed by atoms with Gasteiger partial charge >= 0.3 is 5.97 Å². The molecule has 1 aliphatic heterocycles. The highest BCUT2D eigenvalue weighted by molar-refractivity contribution is 5.73. The van der Waals surface area contributed by atoms with E-state index in [0.29, 0.717) is 6.42 Å². The fourth-order valence-corrected chi connectivity index (χ4v) is 2.93. The standard InChI is InChI=1S/C17H26N2O2/c1-3-4-5-16(17(20)21)19-12(2)10-13-6-7-15-14(11-13)8-9-18-15/h6-7,11-12,16,18-19H,3-5,8-10H2,1-2H3,(H,20,21). The average molecular weight is 290 g/mol.